The number of hydrogen-bond acceptors (Lipinski definition) is 8. The molecule has 2 N–H and O–H groups in total. The van der Waals surface area contributed by atoms with Crippen molar-refractivity contribution in [2.45, 2.75) is 19.1 Å². The molecule has 200 valence electrons. The van der Waals surface area contributed by atoms with Crippen molar-refractivity contribution in [1.29, 1.82) is 0 Å². The number of alkyl halides is 3. The number of carbonyl (C=O) groups excluding carboxylic acids is 1. The molecule has 3 aromatic rings. The van der Waals surface area contributed by atoms with Crippen LogP contribution in [0.15, 0.2) is 41.7 Å². The fourth-order valence-electron chi connectivity index (χ4n) is 4.57. The topological polar surface area (TPSA) is 105 Å². The fraction of sp³-hybridized carbons (Fsp3) is 0.269. The van der Waals surface area contributed by atoms with Gasteiger partial charge in [0.25, 0.3) is 5.91 Å². The number of fused-ring (bicyclic) bond motifs is 3. The molecular weight excluding hydrogens is 518 g/mol. The van der Waals surface area contributed by atoms with E-state index in [9.17, 15) is 22.4 Å². The first-order valence-corrected chi connectivity index (χ1v) is 12.1. The van der Waals surface area contributed by atoms with E-state index in [1.165, 1.54) is 0 Å². The summed E-state index contributed by atoms with van der Waals surface area (Å²) in [5.41, 5.74) is 0.909. The molecule has 1 fully saturated rings. The number of nitrogens with zero attached hydrogens (tertiary/aromatic N) is 5. The number of pyridine rings is 1. The molecule has 3 aliphatic rings. The summed E-state index contributed by atoms with van der Waals surface area (Å²) in [4.78, 5) is 32.0. The highest BCUT2D eigenvalue weighted by atomic mass is 19.4. The second-order valence-electron chi connectivity index (χ2n) is 9.27. The highest BCUT2D eigenvalue weighted by Gasteiger charge is 2.36. The number of ether oxygens (including phenoxy) is 1. The molecule has 13 heteroatoms. The number of rotatable bonds is 5. The quantitative estimate of drug-likeness (QED) is 0.469. The summed E-state index contributed by atoms with van der Waals surface area (Å²) in [7, 11) is 0. The zero-order valence-corrected chi connectivity index (χ0v) is 20.5. The zero-order chi connectivity index (χ0) is 27.3. The second kappa shape index (κ2) is 9.42. The summed E-state index contributed by atoms with van der Waals surface area (Å²) >= 11 is 0. The number of amides is 1. The van der Waals surface area contributed by atoms with Crippen molar-refractivity contribution in [3.8, 4) is 0 Å². The molecule has 0 atom stereocenters. The second-order valence-corrected chi connectivity index (χ2v) is 9.27. The standard InChI is InChI=1S/C26H21F4N7O2/c1-13-2-3-15(34-24(38)21-20(27)19(4-5-31-21)26(28,29)30)9-17(13)18-8-14-10-33-25(35-16-11-39-12-16)36-22(14)37-7-6-32-23(18)37/h2-5,8-10,16H,6-7,11-12H2,1H3,(H,34,38)(H,33,35,36). The summed E-state index contributed by atoms with van der Waals surface area (Å²) in [6.07, 6.45) is -0.569. The third kappa shape index (κ3) is 4.58. The Bertz CT molecular complexity index is 1550. The SMILES string of the molecule is Cc1ccc(NC(=O)c2nccc(C(F)(F)F)c2F)cc1C1=Cc2cnc(NC3COC3)nc2N2CCN=C12. The van der Waals surface area contributed by atoms with Gasteiger partial charge in [0.05, 0.1) is 31.4 Å². The minimum atomic E-state index is -4.96. The molecule has 1 aromatic carbocycles. The molecule has 1 saturated heterocycles. The maximum absolute atomic E-state index is 14.5. The summed E-state index contributed by atoms with van der Waals surface area (Å²) in [6, 6.07) is 5.66. The van der Waals surface area contributed by atoms with E-state index in [4.69, 9.17) is 9.72 Å². The molecule has 2 aromatic heterocycles. The predicted molar refractivity (Wildman–Crippen MR) is 136 cm³/mol. The van der Waals surface area contributed by atoms with Crippen LogP contribution in [0.4, 0.5) is 35.0 Å². The first-order chi connectivity index (χ1) is 18.7. The highest BCUT2D eigenvalue weighted by Crippen LogP contribution is 2.37. The van der Waals surface area contributed by atoms with Gasteiger partial charge in [0, 0.05) is 35.8 Å². The predicted octanol–water partition coefficient (Wildman–Crippen LogP) is 4.17. The van der Waals surface area contributed by atoms with Crippen LogP contribution >= 0.6 is 0 Å². The van der Waals surface area contributed by atoms with Crippen molar-refractivity contribution in [3.05, 3.63) is 70.4 Å². The van der Waals surface area contributed by atoms with E-state index in [1.54, 1.807) is 24.4 Å². The normalized spacial score (nSPS) is 16.6. The molecule has 0 aliphatic carbocycles. The van der Waals surface area contributed by atoms with Crippen molar-refractivity contribution < 1.29 is 27.1 Å². The monoisotopic (exact) mass is 539 g/mol. The van der Waals surface area contributed by atoms with Crippen LogP contribution in [0.1, 0.15) is 32.7 Å². The fourth-order valence-corrected chi connectivity index (χ4v) is 4.57. The Morgan fingerprint density at radius 1 is 1.18 bits per heavy atom. The maximum Gasteiger partial charge on any atom is 0.419 e. The molecule has 0 spiro atoms. The first kappa shape index (κ1) is 24.9. The number of halogens is 4. The van der Waals surface area contributed by atoms with E-state index < -0.39 is 29.2 Å². The number of carbonyl (C=O) groups is 1. The Kier molecular flexibility index (Phi) is 6.02. The van der Waals surface area contributed by atoms with Gasteiger partial charge in [-0.25, -0.2) is 14.4 Å². The van der Waals surface area contributed by atoms with Crippen LogP contribution in [0.2, 0.25) is 0 Å². The van der Waals surface area contributed by atoms with Gasteiger partial charge in [-0.05, 0) is 42.3 Å². The van der Waals surface area contributed by atoms with Gasteiger partial charge < -0.3 is 20.3 Å². The Balaban J connectivity index is 1.32. The molecule has 0 bridgehead atoms. The average Bonchev–Trinajstić information content (AvgIpc) is 3.37. The molecule has 5 heterocycles. The van der Waals surface area contributed by atoms with Crippen LogP contribution in [-0.2, 0) is 10.9 Å². The summed E-state index contributed by atoms with van der Waals surface area (Å²) in [5.74, 6) is -0.892. The average molecular weight is 539 g/mol. The number of aryl methyl sites for hydroxylation is 1. The summed E-state index contributed by atoms with van der Waals surface area (Å²) in [5, 5.41) is 5.71. The van der Waals surface area contributed by atoms with Crippen LogP contribution in [0, 0.1) is 12.7 Å². The molecule has 1 amide bonds. The lowest BCUT2D eigenvalue weighted by Crippen LogP contribution is -2.41. The van der Waals surface area contributed by atoms with E-state index in [1.807, 2.05) is 17.9 Å². The van der Waals surface area contributed by atoms with E-state index in [0.29, 0.717) is 44.2 Å². The lowest BCUT2D eigenvalue weighted by atomic mass is 9.94. The maximum atomic E-state index is 14.5. The lowest BCUT2D eigenvalue weighted by Gasteiger charge is -2.30. The van der Waals surface area contributed by atoms with Gasteiger partial charge in [-0.2, -0.15) is 18.2 Å². The number of hydrogen-bond donors (Lipinski definition) is 2. The third-order valence-electron chi connectivity index (χ3n) is 6.60. The van der Waals surface area contributed by atoms with E-state index >= 15 is 0 Å². The minimum Gasteiger partial charge on any atom is -0.377 e. The van der Waals surface area contributed by atoms with Crippen LogP contribution in [-0.4, -0.2) is 59.0 Å². The number of amidine groups is 1. The van der Waals surface area contributed by atoms with Crippen molar-refractivity contribution in [1.82, 2.24) is 15.0 Å². The molecular formula is C26H21F4N7O2. The molecule has 0 unspecified atom stereocenters. The molecule has 0 radical (unpaired) electrons. The molecule has 39 heavy (non-hydrogen) atoms. The van der Waals surface area contributed by atoms with Gasteiger partial charge >= 0.3 is 6.18 Å². The van der Waals surface area contributed by atoms with E-state index in [-0.39, 0.29) is 11.7 Å². The van der Waals surface area contributed by atoms with Crippen LogP contribution < -0.4 is 15.5 Å². The summed E-state index contributed by atoms with van der Waals surface area (Å²) in [6.45, 7) is 4.27. The van der Waals surface area contributed by atoms with Crippen molar-refractivity contribution >= 4 is 40.8 Å². The smallest absolute Gasteiger partial charge is 0.377 e. The Morgan fingerprint density at radius 2 is 2.00 bits per heavy atom. The highest BCUT2D eigenvalue weighted by molar-refractivity contribution is 6.36. The van der Waals surface area contributed by atoms with Gasteiger partial charge in [-0.3, -0.25) is 9.79 Å². The number of nitrogens with one attached hydrogen (secondary N) is 2. The van der Waals surface area contributed by atoms with E-state index in [0.717, 1.165) is 34.3 Å². The number of benzene rings is 1. The van der Waals surface area contributed by atoms with Crippen LogP contribution in [0.25, 0.3) is 11.6 Å². The third-order valence-corrected chi connectivity index (χ3v) is 6.60. The van der Waals surface area contributed by atoms with Crippen molar-refractivity contribution in [2.75, 3.05) is 41.8 Å². The van der Waals surface area contributed by atoms with Crippen LogP contribution in [0.3, 0.4) is 0 Å². The largest absolute Gasteiger partial charge is 0.419 e. The van der Waals surface area contributed by atoms with Gasteiger partial charge in [0.2, 0.25) is 5.95 Å². The van der Waals surface area contributed by atoms with Gasteiger partial charge in [-0.15, -0.1) is 0 Å². The zero-order valence-electron chi connectivity index (χ0n) is 20.5. The Morgan fingerprint density at radius 3 is 2.74 bits per heavy atom. The first-order valence-electron chi connectivity index (χ1n) is 12.1. The summed E-state index contributed by atoms with van der Waals surface area (Å²) < 4.78 is 58.9. The Labute approximate surface area is 219 Å². The lowest BCUT2D eigenvalue weighted by molar-refractivity contribution is -0.140. The van der Waals surface area contributed by atoms with Crippen molar-refractivity contribution in [3.63, 3.8) is 0 Å². The Hall–Kier alpha value is -4.39. The number of aromatic nitrogens is 3. The van der Waals surface area contributed by atoms with Gasteiger partial charge in [0.1, 0.15) is 11.7 Å². The molecule has 3 aliphatic heterocycles. The minimum absolute atomic E-state index is 0.171. The van der Waals surface area contributed by atoms with Gasteiger partial charge in [-0.1, -0.05) is 6.07 Å². The molecule has 6 rings (SSSR count). The van der Waals surface area contributed by atoms with Crippen molar-refractivity contribution in [2.24, 2.45) is 4.99 Å². The molecule has 9 nitrogen and oxygen atoms in total. The van der Waals surface area contributed by atoms with Crippen LogP contribution in [0.5, 0.6) is 0 Å². The number of anilines is 3. The molecule has 0 saturated carbocycles. The number of aliphatic imine (C=N–C) groups is 1. The van der Waals surface area contributed by atoms with E-state index in [2.05, 4.69) is 25.6 Å². The van der Waals surface area contributed by atoms with Gasteiger partial charge in [0.15, 0.2) is 11.5 Å².